The van der Waals surface area contributed by atoms with Crippen molar-refractivity contribution in [2.75, 3.05) is 13.6 Å². The van der Waals surface area contributed by atoms with Crippen molar-refractivity contribution in [3.63, 3.8) is 0 Å². The minimum atomic E-state index is 0.0731. The average molecular weight is 272 g/mol. The summed E-state index contributed by atoms with van der Waals surface area (Å²) in [6.07, 6.45) is 3.01. The summed E-state index contributed by atoms with van der Waals surface area (Å²) in [6, 6.07) is 9.23. The predicted octanol–water partition coefficient (Wildman–Crippen LogP) is 2.62. The molecule has 0 aromatic heterocycles. The largest absolute Gasteiger partial charge is 0.330 e. The number of nitrogens with zero attached hydrogens (tertiary/aromatic N) is 2. The minimum Gasteiger partial charge on any atom is -0.330 e. The minimum absolute atomic E-state index is 0.0731. The molecule has 1 aromatic rings. The molecule has 20 heavy (non-hydrogen) atoms. The fourth-order valence-electron chi connectivity index (χ4n) is 3.85. The third-order valence-corrected chi connectivity index (χ3v) is 4.83. The molecule has 0 aliphatic carbocycles. The second-order valence-electron chi connectivity index (χ2n) is 6.26. The van der Waals surface area contributed by atoms with Crippen LogP contribution in [0, 0.1) is 0 Å². The van der Waals surface area contributed by atoms with Crippen LogP contribution in [0.2, 0.25) is 0 Å². The standard InChI is InChI=1S/C17H24N2O/c1-4-7-15-17(20)19-12(2)10-13-8-5-6-9-14(13)16(19)11-18(15)3/h5-6,8-9,12,15-16H,4,7,10-11H2,1-3H3/t12-,15-,16?/m0/s1. The summed E-state index contributed by atoms with van der Waals surface area (Å²) in [4.78, 5) is 17.3. The van der Waals surface area contributed by atoms with Gasteiger partial charge in [-0.2, -0.15) is 0 Å². The highest BCUT2D eigenvalue weighted by atomic mass is 16.2. The van der Waals surface area contributed by atoms with Gasteiger partial charge in [-0.05, 0) is 37.9 Å². The predicted molar refractivity (Wildman–Crippen MR) is 80.5 cm³/mol. The van der Waals surface area contributed by atoms with Crippen LogP contribution in [0.5, 0.6) is 0 Å². The van der Waals surface area contributed by atoms with E-state index < -0.39 is 0 Å². The molecule has 1 saturated heterocycles. The maximum atomic E-state index is 12.9. The van der Waals surface area contributed by atoms with E-state index in [0.717, 1.165) is 25.8 Å². The third-order valence-electron chi connectivity index (χ3n) is 4.83. The molecular formula is C17H24N2O. The summed E-state index contributed by atoms with van der Waals surface area (Å²) in [7, 11) is 2.09. The van der Waals surface area contributed by atoms with E-state index in [0.29, 0.717) is 11.9 Å². The number of carbonyl (C=O) groups excluding carboxylic acids is 1. The number of rotatable bonds is 2. The monoisotopic (exact) mass is 272 g/mol. The maximum absolute atomic E-state index is 12.9. The first-order chi connectivity index (χ1) is 9.63. The van der Waals surface area contributed by atoms with Gasteiger partial charge in [0.25, 0.3) is 0 Å². The Balaban J connectivity index is 1.97. The summed E-state index contributed by atoms with van der Waals surface area (Å²) >= 11 is 0. The van der Waals surface area contributed by atoms with Crippen molar-refractivity contribution in [2.45, 2.75) is 51.2 Å². The van der Waals surface area contributed by atoms with Crippen molar-refractivity contribution < 1.29 is 4.79 Å². The van der Waals surface area contributed by atoms with E-state index in [1.54, 1.807) is 0 Å². The first kappa shape index (κ1) is 13.6. The summed E-state index contributed by atoms with van der Waals surface area (Å²) in [5.74, 6) is 0.326. The molecule has 3 rings (SSSR count). The molecule has 1 aromatic carbocycles. The lowest BCUT2D eigenvalue weighted by atomic mass is 9.85. The molecule has 1 unspecified atom stereocenters. The highest BCUT2D eigenvalue weighted by molar-refractivity contribution is 5.84. The van der Waals surface area contributed by atoms with Crippen LogP contribution in [-0.2, 0) is 11.2 Å². The molecule has 2 aliphatic rings. The highest BCUT2D eigenvalue weighted by Gasteiger charge is 2.43. The van der Waals surface area contributed by atoms with Gasteiger partial charge in [0.2, 0.25) is 5.91 Å². The number of likely N-dealkylation sites (N-methyl/N-ethyl adjacent to an activating group) is 1. The Bertz CT molecular complexity index is 513. The Kier molecular flexibility index (Phi) is 3.55. The molecule has 2 heterocycles. The van der Waals surface area contributed by atoms with E-state index in [2.05, 4.69) is 55.0 Å². The van der Waals surface area contributed by atoms with E-state index >= 15 is 0 Å². The zero-order valence-electron chi connectivity index (χ0n) is 12.7. The van der Waals surface area contributed by atoms with Crippen molar-refractivity contribution in [1.82, 2.24) is 9.80 Å². The normalized spacial score (nSPS) is 30.1. The first-order valence-corrected chi connectivity index (χ1v) is 7.73. The molecule has 3 nitrogen and oxygen atoms in total. The van der Waals surface area contributed by atoms with E-state index in [9.17, 15) is 4.79 Å². The van der Waals surface area contributed by atoms with Gasteiger partial charge in [0.15, 0.2) is 0 Å². The molecule has 0 bridgehead atoms. The van der Waals surface area contributed by atoms with Gasteiger partial charge in [-0.1, -0.05) is 37.6 Å². The number of fused-ring (bicyclic) bond motifs is 3. The van der Waals surface area contributed by atoms with Gasteiger partial charge in [-0.25, -0.2) is 0 Å². The number of piperazine rings is 1. The molecule has 1 amide bonds. The number of benzene rings is 1. The Labute approximate surface area is 121 Å². The zero-order chi connectivity index (χ0) is 14.3. The zero-order valence-corrected chi connectivity index (χ0v) is 12.7. The lowest BCUT2D eigenvalue weighted by Gasteiger charge is -2.50. The Morgan fingerprint density at radius 2 is 2.05 bits per heavy atom. The van der Waals surface area contributed by atoms with Crippen LogP contribution in [0.1, 0.15) is 43.9 Å². The van der Waals surface area contributed by atoms with Gasteiger partial charge in [0.05, 0.1) is 12.1 Å². The van der Waals surface area contributed by atoms with E-state index in [1.165, 1.54) is 11.1 Å². The van der Waals surface area contributed by atoms with Crippen molar-refractivity contribution in [3.05, 3.63) is 35.4 Å². The van der Waals surface area contributed by atoms with E-state index in [-0.39, 0.29) is 12.1 Å². The van der Waals surface area contributed by atoms with E-state index in [1.807, 2.05) is 0 Å². The average Bonchev–Trinajstić information content (AvgIpc) is 2.43. The summed E-state index contributed by atoms with van der Waals surface area (Å²) in [6.45, 7) is 5.30. The number of hydrogen-bond acceptors (Lipinski definition) is 2. The summed E-state index contributed by atoms with van der Waals surface area (Å²) in [5.41, 5.74) is 2.76. The molecule has 0 spiro atoms. The molecule has 1 fully saturated rings. The Morgan fingerprint density at radius 3 is 2.80 bits per heavy atom. The number of hydrogen-bond donors (Lipinski definition) is 0. The van der Waals surface area contributed by atoms with Gasteiger partial charge >= 0.3 is 0 Å². The van der Waals surface area contributed by atoms with Crippen LogP contribution in [0.4, 0.5) is 0 Å². The number of carbonyl (C=O) groups is 1. The summed E-state index contributed by atoms with van der Waals surface area (Å²) in [5, 5.41) is 0. The van der Waals surface area contributed by atoms with E-state index in [4.69, 9.17) is 0 Å². The Hall–Kier alpha value is -1.35. The molecular weight excluding hydrogens is 248 g/mol. The van der Waals surface area contributed by atoms with Gasteiger partial charge in [-0.15, -0.1) is 0 Å². The molecule has 0 N–H and O–H groups in total. The second kappa shape index (κ2) is 5.21. The third kappa shape index (κ3) is 2.05. The molecule has 3 atom stereocenters. The van der Waals surface area contributed by atoms with Gasteiger partial charge in [-0.3, -0.25) is 9.69 Å². The van der Waals surface area contributed by atoms with Crippen LogP contribution in [-0.4, -0.2) is 41.4 Å². The van der Waals surface area contributed by atoms with Crippen LogP contribution in [0.25, 0.3) is 0 Å². The van der Waals surface area contributed by atoms with Gasteiger partial charge in [0, 0.05) is 12.6 Å². The molecule has 108 valence electrons. The SMILES string of the molecule is CCC[C@H]1C(=O)N2C(CN1C)c1ccccc1C[C@@H]2C. The van der Waals surface area contributed by atoms with Crippen LogP contribution in [0.3, 0.4) is 0 Å². The second-order valence-corrected chi connectivity index (χ2v) is 6.26. The summed E-state index contributed by atoms with van der Waals surface area (Å²) < 4.78 is 0. The highest BCUT2D eigenvalue weighted by Crippen LogP contribution is 2.37. The van der Waals surface area contributed by atoms with Crippen LogP contribution < -0.4 is 0 Å². The molecule has 2 aliphatic heterocycles. The number of amides is 1. The van der Waals surface area contributed by atoms with Crippen LogP contribution in [0.15, 0.2) is 24.3 Å². The molecule has 0 radical (unpaired) electrons. The Morgan fingerprint density at radius 1 is 1.30 bits per heavy atom. The fraction of sp³-hybridized carbons (Fsp3) is 0.588. The first-order valence-electron chi connectivity index (χ1n) is 7.73. The maximum Gasteiger partial charge on any atom is 0.240 e. The van der Waals surface area contributed by atoms with Crippen LogP contribution >= 0.6 is 0 Å². The lowest BCUT2D eigenvalue weighted by Crippen LogP contribution is -2.60. The topological polar surface area (TPSA) is 23.6 Å². The van der Waals surface area contributed by atoms with Gasteiger partial charge < -0.3 is 4.90 Å². The van der Waals surface area contributed by atoms with Crippen molar-refractivity contribution in [2.24, 2.45) is 0 Å². The van der Waals surface area contributed by atoms with Crippen molar-refractivity contribution >= 4 is 5.91 Å². The smallest absolute Gasteiger partial charge is 0.240 e. The van der Waals surface area contributed by atoms with Gasteiger partial charge in [0.1, 0.15) is 0 Å². The van der Waals surface area contributed by atoms with Crippen molar-refractivity contribution in [3.8, 4) is 0 Å². The quantitative estimate of drug-likeness (QED) is 0.826. The lowest BCUT2D eigenvalue weighted by molar-refractivity contribution is -0.149. The fourth-order valence-corrected chi connectivity index (χ4v) is 3.85. The molecule has 3 heteroatoms. The van der Waals surface area contributed by atoms with Crippen molar-refractivity contribution in [1.29, 1.82) is 0 Å². The molecule has 0 saturated carbocycles.